The molecule has 0 saturated carbocycles. The van der Waals surface area contributed by atoms with E-state index in [1.54, 1.807) is 7.11 Å². The summed E-state index contributed by atoms with van der Waals surface area (Å²) in [6, 6.07) is 0. The van der Waals surface area contributed by atoms with Crippen LogP contribution in [0, 0.1) is 0 Å². The molecule has 3 heteroatoms. The van der Waals surface area contributed by atoms with Gasteiger partial charge in [-0.3, -0.25) is 0 Å². The zero-order chi connectivity index (χ0) is 10.3. The second-order valence-corrected chi connectivity index (χ2v) is 4.06. The molecule has 0 aliphatic carbocycles. The molecule has 0 aromatic carbocycles. The number of nitrogens with zero attached hydrogens (tertiary/aromatic N) is 1. The second kappa shape index (κ2) is 6.35. The van der Waals surface area contributed by atoms with Gasteiger partial charge in [0.05, 0.1) is 5.60 Å². The normalized spacial score (nSPS) is 12.5. The molecule has 80 valence electrons. The molecule has 0 heterocycles. The van der Waals surface area contributed by atoms with E-state index in [0.29, 0.717) is 0 Å². The van der Waals surface area contributed by atoms with Crippen LogP contribution in [0.4, 0.5) is 0 Å². The number of hydrogen-bond acceptors (Lipinski definition) is 3. The second-order valence-electron chi connectivity index (χ2n) is 4.06. The van der Waals surface area contributed by atoms with Gasteiger partial charge in [-0.2, -0.15) is 0 Å². The summed E-state index contributed by atoms with van der Waals surface area (Å²) in [5.74, 6) is 0. The van der Waals surface area contributed by atoms with E-state index in [0.717, 1.165) is 26.2 Å². The first-order valence-corrected chi connectivity index (χ1v) is 4.96. The van der Waals surface area contributed by atoms with Crippen LogP contribution in [0.25, 0.3) is 0 Å². The maximum Gasteiger partial charge on any atom is 0.0748 e. The van der Waals surface area contributed by atoms with E-state index in [-0.39, 0.29) is 5.60 Å². The van der Waals surface area contributed by atoms with Crippen molar-refractivity contribution < 1.29 is 4.74 Å². The highest BCUT2D eigenvalue weighted by Crippen LogP contribution is 2.08. The van der Waals surface area contributed by atoms with E-state index < -0.39 is 0 Å². The maximum atomic E-state index is 5.35. The van der Waals surface area contributed by atoms with E-state index in [4.69, 9.17) is 4.74 Å². The summed E-state index contributed by atoms with van der Waals surface area (Å²) in [6.07, 6.45) is 0. The van der Waals surface area contributed by atoms with Crippen molar-refractivity contribution in [2.24, 2.45) is 0 Å². The topological polar surface area (TPSA) is 24.5 Å². The van der Waals surface area contributed by atoms with Gasteiger partial charge >= 0.3 is 0 Å². The molecule has 0 rings (SSSR count). The van der Waals surface area contributed by atoms with Crippen LogP contribution in [0.5, 0.6) is 0 Å². The average Bonchev–Trinajstić information content (AvgIpc) is 2.04. The Balaban J connectivity index is 3.55. The highest BCUT2D eigenvalue weighted by molar-refractivity contribution is 4.72. The Bertz CT molecular complexity index is 126. The molecular weight excluding hydrogens is 164 g/mol. The molecule has 0 aromatic heterocycles. The maximum absolute atomic E-state index is 5.35. The van der Waals surface area contributed by atoms with Gasteiger partial charge in [0.25, 0.3) is 0 Å². The van der Waals surface area contributed by atoms with Crippen molar-refractivity contribution in [3.8, 4) is 0 Å². The first-order chi connectivity index (χ1) is 6.02. The SMILES string of the molecule is CCNCCN(C)CC(C)(C)OC. The predicted molar refractivity (Wildman–Crippen MR) is 57.1 cm³/mol. The van der Waals surface area contributed by atoms with Gasteiger partial charge in [0.15, 0.2) is 0 Å². The standard InChI is InChI=1S/C10H24N2O/c1-6-11-7-8-12(4)9-10(2,3)13-5/h11H,6-9H2,1-5H3. The lowest BCUT2D eigenvalue weighted by Crippen LogP contribution is -2.40. The van der Waals surface area contributed by atoms with Crippen molar-refractivity contribution in [3.05, 3.63) is 0 Å². The van der Waals surface area contributed by atoms with E-state index in [9.17, 15) is 0 Å². The molecule has 1 N–H and O–H groups in total. The Morgan fingerprint density at radius 2 is 2.00 bits per heavy atom. The van der Waals surface area contributed by atoms with Crippen LogP contribution in [0.1, 0.15) is 20.8 Å². The van der Waals surface area contributed by atoms with Gasteiger partial charge in [-0.25, -0.2) is 0 Å². The highest BCUT2D eigenvalue weighted by Gasteiger charge is 2.18. The van der Waals surface area contributed by atoms with Crippen molar-refractivity contribution >= 4 is 0 Å². The summed E-state index contributed by atoms with van der Waals surface area (Å²) in [5, 5.41) is 3.30. The number of methoxy groups -OCH3 is 1. The lowest BCUT2D eigenvalue weighted by atomic mass is 10.1. The van der Waals surface area contributed by atoms with Gasteiger partial charge in [0, 0.05) is 26.7 Å². The highest BCUT2D eigenvalue weighted by atomic mass is 16.5. The summed E-state index contributed by atoms with van der Waals surface area (Å²) in [4.78, 5) is 2.28. The van der Waals surface area contributed by atoms with Gasteiger partial charge in [-0.1, -0.05) is 6.92 Å². The fraction of sp³-hybridized carbons (Fsp3) is 1.00. The smallest absolute Gasteiger partial charge is 0.0748 e. The Morgan fingerprint density at radius 1 is 1.38 bits per heavy atom. The van der Waals surface area contributed by atoms with E-state index in [2.05, 4.69) is 38.0 Å². The molecule has 0 radical (unpaired) electrons. The molecule has 0 aromatic rings. The number of nitrogens with one attached hydrogen (secondary N) is 1. The Kier molecular flexibility index (Phi) is 6.29. The molecule has 0 unspecified atom stereocenters. The van der Waals surface area contributed by atoms with E-state index >= 15 is 0 Å². The third kappa shape index (κ3) is 6.99. The fourth-order valence-corrected chi connectivity index (χ4v) is 1.24. The molecule has 3 nitrogen and oxygen atoms in total. The third-order valence-corrected chi connectivity index (χ3v) is 2.12. The van der Waals surface area contributed by atoms with Crippen molar-refractivity contribution in [1.82, 2.24) is 10.2 Å². The quantitative estimate of drug-likeness (QED) is 0.602. The number of likely N-dealkylation sites (N-methyl/N-ethyl adjacent to an activating group) is 2. The van der Waals surface area contributed by atoms with Crippen molar-refractivity contribution in [2.45, 2.75) is 26.4 Å². The van der Waals surface area contributed by atoms with Crippen LogP contribution in [-0.2, 0) is 4.74 Å². The van der Waals surface area contributed by atoms with Crippen molar-refractivity contribution in [2.75, 3.05) is 40.3 Å². The van der Waals surface area contributed by atoms with E-state index in [1.165, 1.54) is 0 Å². The molecule has 0 aliphatic heterocycles. The van der Waals surface area contributed by atoms with Crippen LogP contribution in [0.2, 0.25) is 0 Å². The molecule has 0 spiro atoms. The zero-order valence-electron chi connectivity index (χ0n) is 9.68. The van der Waals surface area contributed by atoms with Crippen molar-refractivity contribution in [1.29, 1.82) is 0 Å². The lowest BCUT2D eigenvalue weighted by molar-refractivity contribution is -0.00163. The number of rotatable bonds is 7. The monoisotopic (exact) mass is 188 g/mol. The summed E-state index contributed by atoms with van der Waals surface area (Å²) in [5.41, 5.74) is -0.0407. The van der Waals surface area contributed by atoms with Crippen LogP contribution in [-0.4, -0.2) is 50.8 Å². The summed E-state index contributed by atoms with van der Waals surface area (Å²) < 4.78 is 5.35. The molecule has 0 fully saturated rings. The van der Waals surface area contributed by atoms with Crippen LogP contribution < -0.4 is 5.32 Å². The molecule has 0 bridgehead atoms. The van der Waals surface area contributed by atoms with Crippen molar-refractivity contribution in [3.63, 3.8) is 0 Å². The molecule has 0 atom stereocenters. The minimum absolute atomic E-state index is 0.0407. The van der Waals surface area contributed by atoms with Gasteiger partial charge in [-0.05, 0) is 27.4 Å². The average molecular weight is 188 g/mol. The van der Waals surface area contributed by atoms with Gasteiger partial charge in [-0.15, -0.1) is 0 Å². The summed E-state index contributed by atoms with van der Waals surface area (Å²) in [7, 11) is 3.89. The predicted octanol–water partition coefficient (Wildman–Crippen LogP) is 0.953. The third-order valence-electron chi connectivity index (χ3n) is 2.12. The Labute approximate surface area is 82.4 Å². The largest absolute Gasteiger partial charge is 0.377 e. The first-order valence-electron chi connectivity index (χ1n) is 4.96. The number of hydrogen-bond donors (Lipinski definition) is 1. The minimum atomic E-state index is -0.0407. The minimum Gasteiger partial charge on any atom is -0.377 e. The fourth-order valence-electron chi connectivity index (χ4n) is 1.24. The molecule has 0 aliphatic rings. The molecule has 13 heavy (non-hydrogen) atoms. The zero-order valence-corrected chi connectivity index (χ0v) is 9.68. The molecule has 0 saturated heterocycles. The Morgan fingerprint density at radius 3 is 2.46 bits per heavy atom. The van der Waals surface area contributed by atoms with Gasteiger partial charge in [0.2, 0.25) is 0 Å². The first kappa shape index (κ1) is 12.9. The van der Waals surface area contributed by atoms with Crippen LogP contribution in [0.15, 0.2) is 0 Å². The van der Waals surface area contributed by atoms with Crippen LogP contribution >= 0.6 is 0 Å². The summed E-state index contributed by atoms with van der Waals surface area (Å²) in [6.45, 7) is 10.5. The Hall–Kier alpha value is -0.120. The van der Waals surface area contributed by atoms with Gasteiger partial charge < -0.3 is 15.0 Å². The lowest BCUT2D eigenvalue weighted by Gasteiger charge is -2.29. The molecule has 0 amide bonds. The van der Waals surface area contributed by atoms with E-state index in [1.807, 2.05) is 0 Å². The van der Waals surface area contributed by atoms with Gasteiger partial charge in [0.1, 0.15) is 0 Å². The molecular formula is C10H24N2O. The summed E-state index contributed by atoms with van der Waals surface area (Å²) >= 11 is 0. The number of ether oxygens (including phenoxy) is 1. The van der Waals surface area contributed by atoms with Crippen LogP contribution in [0.3, 0.4) is 0 Å².